The average Bonchev–Trinajstić information content (AvgIpc) is 3.01. The van der Waals surface area contributed by atoms with E-state index in [0.29, 0.717) is 13.2 Å². The number of fused-ring (bicyclic) bond motifs is 1. The predicted molar refractivity (Wildman–Crippen MR) is 75.4 cm³/mol. The van der Waals surface area contributed by atoms with Crippen LogP contribution in [0.4, 0.5) is 4.39 Å². The van der Waals surface area contributed by atoms with Crippen LogP contribution in [0.15, 0.2) is 24.7 Å². The number of ether oxygens (including phenoxy) is 2. The van der Waals surface area contributed by atoms with Gasteiger partial charge >= 0.3 is 0 Å². The summed E-state index contributed by atoms with van der Waals surface area (Å²) in [6.07, 6.45) is 5.42. The van der Waals surface area contributed by atoms with Gasteiger partial charge in [0.1, 0.15) is 5.75 Å². The minimum Gasteiger partial charge on any atom is -0.491 e. The monoisotopic (exact) mass is 303 g/mol. The van der Waals surface area contributed by atoms with E-state index in [0.717, 1.165) is 29.4 Å². The summed E-state index contributed by atoms with van der Waals surface area (Å²) < 4.78 is 23.7. The highest BCUT2D eigenvalue weighted by atomic mass is 19.1. The van der Waals surface area contributed by atoms with Crippen molar-refractivity contribution in [2.45, 2.75) is 13.0 Å². The lowest BCUT2D eigenvalue weighted by molar-refractivity contribution is 0.0950. The molecule has 6 nitrogen and oxygen atoms in total. The molecule has 7 heteroatoms. The predicted octanol–water partition coefficient (Wildman–Crippen LogP) is 1.49. The zero-order chi connectivity index (χ0) is 15.5. The molecule has 0 bridgehead atoms. The first-order chi connectivity index (χ1) is 10.7. The molecule has 1 amide bonds. The van der Waals surface area contributed by atoms with Gasteiger partial charge in [-0.1, -0.05) is 0 Å². The Bertz CT molecular complexity index is 721. The number of hydrogen-bond donors (Lipinski definition) is 1. The first kappa shape index (κ1) is 14.2. The number of amides is 1. The minimum atomic E-state index is -0.675. The van der Waals surface area contributed by atoms with Crippen LogP contribution >= 0.6 is 0 Å². The van der Waals surface area contributed by atoms with Crippen molar-refractivity contribution >= 4 is 5.91 Å². The van der Waals surface area contributed by atoms with Crippen LogP contribution in [-0.4, -0.2) is 29.6 Å². The van der Waals surface area contributed by atoms with Crippen LogP contribution in [-0.2, 0) is 13.0 Å². The standard InChI is InChI=1S/C15H14FN3O3/c1-21-15-12(16)4-9(6-19-15)14(20)18-7-10-5-17-8-13-11(10)2-3-22-13/h4-6,8H,2-3,7H2,1H3,(H,18,20). The van der Waals surface area contributed by atoms with Crippen molar-refractivity contribution in [2.75, 3.05) is 13.7 Å². The van der Waals surface area contributed by atoms with E-state index < -0.39 is 11.7 Å². The van der Waals surface area contributed by atoms with Gasteiger partial charge in [0.15, 0.2) is 5.82 Å². The molecule has 2 aromatic heterocycles. The molecule has 0 unspecified atom stereocenters. The second-order valence-corrected chi connectivity index (χ2v) is 4.77. The van der Waals surface area contributed by atoms with E-state index in [1.54, 1.807) is 12.4 Å². The lowest BCUT2D eigenvalue weighted by atomic mass is 10.1. The maximum Gasteiger partial charge on any atom is 0.253 e. The summed E-state index contributed by atoms with van der Waals surface area (Å²) in [5, 5.41) is 2.73. The molecule has 1 aliphatic rings. The number of pyridine rings is 2. The summed E-state index contributed by atoms with van der Waals surface area (Å²) >= 11 is 0. The molecule has 114 valence electrons. The van der Waals surface area contributed by atoms with Crippen LogP contribution in [0.2, 0.25) is 0 Å². The highest BCUT2D eigenvalue weighted by Gasteiger charge is 2.17. The molecule has 22 heavy (non-hydrogen) atoms. The lowest BCUT2D eigenvalue weighted by Gasteiger charge is -2.09. The fraction of sp³-hybridized carbons (Fsp3) is 0.267. The highest BCUT2D eigenvalue weighted by molar-refractivity contribution is 5.93. The third kappa shape index (κ3) is 2.69. The Labute approximate surface area is 126 Å². The van der Waals surface area contributed by atoms with Crippen LogP contribution in [0.5, 0.6) is 11.6 Å². The lowest BCUT2D eigenvalue weighted by Crippen LogP contribution is -2.23. The van der Waals surface area contributed by atoms with Crippen molar-refractivity contribution in [3.8, 4) is 11.6 Å². The third-order valence-corrected chi connectivity index (χ3v) is 3.42. The van der Waals surface area contributed by atoms with Crippen LogP contribution in [0.1, 0.15) is 21.5 Å². The SMILES string of the molecule is COc1ncc(C(=O)NCc2cncc3c2CCO3)cc1F. The van der Waals surface area contributed by atoms with Crippen LogP contribution in [0, 0.1) is 5.82 Å². The molecule has 0 fully saturated rings. The first-order valence-corrected chi connectivity index (χ1v) is 6.75. The van der Waals surface area contributed by atoms with Gasteiger partial charge in [0.05, 0.1) is 25.5 Å². The zero-order valence-electron chi connectivity index (χ0n) is 11.9. The van der Waals surface area contributed by atoms with E-state index in [2.05, 4.69) is 15.3 Å². The smallest absolute Gasteiger partial charge is 0.253 e. The summed E-state index contributed by atoms with van der Waals surface area (Å²) in [5.41, 5.74) is 2.08. The third-order valence-electron chi connectivity index (χ3n) is 3.42. The van der Waals surface area contributed by atoms with Crippen LogP contribution in [0.3, 0.4) is 0 Å². The zero-order valence-corrected chi connectivity index (χ0v) is 11.9. The number of hydrogen-bond acceptors (Lipinski definition) is 5. The highest BCUT2D eigenvalue weighted by Crippen LogP contribution is 2.26. The molecule has 3 heterocycles. The molecule has 0 atom stereocenters. The van der Waals surface area contributed by atoms with Crippen LogP contribution in [0.25, 0.3) is 0 Å². The Morgan fingerprint density at radius 2 is 2.32 bits per heavy atom. The molecule has 3 rings (SSSR count). The normalized spacial score (nSPS) is 12.5. The fourth-order valence-electron chi connectivity index (χ4n) is 2.31. The largest absolute Gasteiger partial charge is 0.491 e. The molecule has 0 saturated heterocycles. The Kier molecular flexibility index (Phi) is 3.86. The maximum atomic E-state index is 13.6. The number of rotatable bonds is 4. The number of nitrogens with one attached hydrogen (secondary N) is 1. The van der Waals surface area contributed by atoms with E-state index in [4.69, 9.17) is 9.47 Å². The Morgan fingerprint density at radius 1 is 1.45 bits per heavy atom. The quantitative estimate of drug-likeness (QED) is 0.926. The summed E-state index contributed by atoms with van der Waals surface area (Å²) in [7, 11) is 1.32. The number of carbonyl (C=O) groups excluding carboxylic acids is 1. The molecule has 1 aliphatic heterocycles. The van der Waals surface area contributed by atoms with Gasteiger partial charge in [-0.25, -0.2) is 9.37 Å². The Morgan fingerprint density at radius 3 is 3.09 bits per heavy atom. The summed E-state index contributed by atoms with van der Waals surface area (Å²) in [6, 6.07) is 1.10. The van der Waals surface area contributed by atoms with Gasteiger partial charge in [-0.2, -0.15) is 0 Å². The summed E-state index contributed by atoms with van der Waals surface area (Å²) in [4.78, 5) is 19.9. The molecular weight excluding hydrogens is 289 g/mol. The van der Waals surface area contributed by atoms with Gasteiger partial charge in [-0.3, -0.25) is 9.78 Å². The van der Waals surface area contributed by atoms with E-state index in [9.17, 15) is 9.18 Å². The number of aromatic nitrogens is 2. The van der Waals surface area contributed by atoms with Crippen LogP contribution < -0.4 is 14.8 Å². The Hall–Kier alpha value is -2.70. The summed E-state index contributed by atoms with van der Waals surface area (Å²) in [5.74, 6) is -0.473. The van der Waals surface area contributed by atoms with Gasteiger partial charge in [0, 0.05) is 30.9 Å². The van der Waals surface area contributed by atoms with E-state index in [-0.39, 0.29) is 11.4 Å². The van der Waals surface area contributed by atoms with Crippen molar-refractivity contribution in [2.24, 2.45) is 0 Å². The van der Waals surface area contributed by atoms with Gasteiger partial charge in [-0.15, -0.1) is 0 Å². The van der Waals surface area contributed by atoms with Crippen molar-refractivity contribution in [3.63, 3.8) is 0 Å². The second kappa shape index (κ2) is 5.97. The minimum absolute atomic E-state index is 0.134. The number of halogens is 1. The van der Waals surface area contributed by atoms with Crippen molar-refractivity contribution in [3.05, 3.63) is 47.2 Å². The van der Waals surface area contributed by atoms with E-state index >= 15 is 0 Å². The van der Waals surface area contributed by atoms with Gasteiger partial charge < -0.3 is 14.8 Å². The van der Waals surface area contributed by atoms with Crippen molar-refractivity contribution in [1.82, 2.24) is 15.3 Å². The van der Waals surface area contributed by atoms with Gasteiger partial charge in [0.25, 0.3) is 5.91 Å². The Balaban J connectivity index is 1.70. The average molecular weight is 303 g/mol. The van der Waals surface area contributed by atoms with Gasteiger partial charge in [0.2, 0.25) is 5.88 Å². The molecule has 0 radical (unpaired) electrons. The molecule has 0 aliphatic carbocycles. The van der Waals surface area contributed by atoms with Gasteiger partial charge in [-0.05, 0) is 11.6 Å². The first-order valence-electron chi connectivity index (χ1n) is 6.75. The number of nitrogens with zero attached hydrogens (tertiary/aromatic N) is 2. The molecule has 1 N–H and O–H groups in total. The molecular formula is C15H14FN3O3. The van der Waals surface area contributed by atoms with Crippen molar-refractivity contribution < 1.29 is 18.7 Å². The topological polar surface area (TPSA) is 73.3 Å². The van der Waals surface area contributed by atoms with E-state index in [1.165, 1.54) is 13.3 Å². The van der Waals surface area contributed by atoms with E-state index in [1.807, 2.05) is 0 Å². The maximum absolute atomic E-state index is 13.6. The number of methoxy groups -OCH3 is 1. The molecule has 2 aromatic rings. The molecule has 0 saturated carbocycles. The summed E-state index contributed by atoms with van der Waals surface area (Å²) in [6.45, 7) is 0.918. The van der Waals surface area contributed by atoms with Crippen molar-refractivity contribution in [1.29, 1.82) is 0 Å². The molecule has 0 spiro atoms. The fourth-order valence-corrected chi connectivity index (χ4v) is 2.31. The molecule has 0 aromatic carbocycles. The number of carbonyl (C=O) groups is 1. The second-order valence-electron chi connectivity index (χ2n) is 4.77.